The summed E-state index contributed by atoms with van der Waals surface area (Å²) >= 11 is 1.41. The van der Waals surface area contributed by atoms with Crippen LogP contribution in [0, 0.1) is 0 Å². The molecule has 1 saturated heterocycles. The maximum Gasteiger partial charge on any atom is 0.425 e. The molecule has 1 aromatic rings. The highest BCUT2D eigenvalue weighted by Gasteiger charge is 2.73. The van der Waals surface area contributed by atoms with Crippen molar-refractivity contribution in [1.82, 2.24) is 4.90 Å². The van der Waals surface area contributed by atoms with E-state index < -0.39 is 23.0 Å². The minimum absolute atomic E-state index is 0.103. The predicted octanol–water partition coefficient (Wildman–Crippen LogP) is 4.07. The van der Waals surface area contributed by atoms with E-state index in [1.54, 1.807) is 6.07 Å². The highest BCUT2D eigenvalue weighted by molar-refractivity contribution is 7.10. The zero-order chi connectivity index (χ0) is 19.4. The lowest BCUT2D eigenvalue weighted by atomic mass is 9.67. The standard InChI is InChI=1S/C19H17F4NO2S/c20-17-10-13(18(17,26)19(21,22)23)8-12-4-1-2-6-24(15(12)11-17)16(25)9-14-5-3-7-27-14/h3,5,7-8,10-11,26H,1-2,4,6,9H2/t17-,18?/m1/s1. The number of nitrogens with zero attached hydrogens (tertiary/aromatic N) is 1. The van der Waals surface area contributed by atoms with E-state index in [2.05, 4.69) is 0 Å². The Morgan fingerprint density at radius 1 is 1.30 bits per heavy atom. The molecular formula is C19H17F4NO2S. The molecule has 3 nitrogen and oxygen atoms in total. The molecule has 8 heteroatoms. The SMILES string of the molecule is O=C(Cc1cccs1)N1CCCCC2=CC3=C[C@@](F)(C=C21)C3(O)C(F)(F)F. The number of thiophene rings is 1. The van der Waals surface area contributed by atoms with Crippen LogP contribution in [0.2, 0.25) is 0 Å². The van der Waals surface area contributed by atoms with E-state index >= 15 is 4.39 Å². The van der Waals surface area contributed by atoms with Crippen LogP contribution >= 0.6 is 11.3 Å². The smallest absolute Gasteiger partial charge is 0.373 e. The van der Waals surface area contributed by atoms with Crippen molar-refractivity contribution in [2.24, 2.45) is 0 Å². The monoisotopic (exact) mass is 399 g/mol. The van der Waals surface area contributed by atoms with Gasteiger partial charge in [-0.1, -0.05) is 12.1 Å². The summed E-state index contributed by atoms with van der Waals surface area (Å²) in [4.78, 5) is 15.0. The molecule has 0 saturated carbocycles. The summed E-state index contributed by atoms with van der Waals surface area (Å²) in [6, 6.07) is 3.62. The average Bonchev–Trinajstić information content (AvgIpc) is 2.90. The first-order chi connectivity index (χ1) is 12.7. The Morgan fingerprint density at radius 2 is 2.07 bits per heavy atom. The Kier molecular flexibility index (Phi) is 4.12. The van der Waals surface area contributed by atoms with Gasteiger partial charge in [0.2, 0.25) is 11.5 Å². The summed E-state index contributed by atoms with van der Waals surface area (Å²) in [6.07, 6.45) is -0.523. The van der Waals surface area contributed by atoms with Gasteiger partial charge in [-0.15, -0.1) is 11.3 Å². The molecule has 1 unspecified atom stereocenters. The summed E-state index contributed by atoms with van der Waals surface area (Å²) in [6.45, 7) is 0.309. The third kappa shape index (κ3) is 2.69. The molecule has 0 spiro atoms. The largest absolute Gasteiger partial charge is 0.425 e. The van der Waals surface area contributed by atoms with E-state index in [1.807, 2.05) is 11.4 Å². The van der Waals surface area contributed by atoms with Gasteiger partial charge in [-0.05, 0) is 54.0 Å². The number of amides is 1. The lowest BCUT2D eigenvalue weighted by Gasteiger charge is -2.46. The Hall–Kier alpha value is -1.93. The second-order valence-corrected chi connectivity index (χ2v) is 8.07. The summed E-state index contributed by atoms with van der Waals surface area (Å²) in [7, 11) is 0. The van der Waals surface area contributed by atoms with Crippen molar-refractivity contribution < 1.29 is 27.5 Å². The van der Waals surface area contributed by atoms with Crippen LogP contribution in [0.1, 0.15) is 24.1 Å². The zero-order valence-corrected chi connectivity index (χ0v) is 15.0. The molecular weight excluding hydrogens is 382 g/mol. The highest BCUT2D eigenvalue weighted by atomic mass is 32.1. The van der Waals surface area contributed by atoms with Gasteiger partial charge in [-0.25, -0.2) is 4.39 Å². The molecule has 1 aromatic heterocycles. The Bertz CT molecular complexity index is 871. The molecule has 1 amide bonds. The van der Waals surface area contributed by atoms with Crippen LogP contribution in [0.25, 0.3) is 0 Å². The van der Waals surface area contributed by atoms with Gasteiger partial charge in [0.05, 0.1) is 6.42 Å². The van der Waals surface area contributed by atoms with Gasteiger partial charge in [0.1, 0.15) is 0 Å². The first-order valence-corrected chi connectivity index (χ1v) is 9.51. The number of alkyl halides is 4. The fraction of sp³-hybridized carbons (Fsp3) is 0.421. The first kappa shape index (κ1) is 18.4. The number of rotatable bonds is 2. The maximum absolute atomic E-state index is 15.2. The van der Waals surface area contributed by atoms with Crippen LogP contribution in [-0.2, 0) is 11.2 Å². The second kappa shape index (κ2) is 6.04. The molecule has 2 heterocycles. The van der Waals surface area contributed by atoms with E-state index in [4.69, 9.17) is 0 Å². The summed E-state index contributed by atoms with van der Waals surface area (Å²) < 4.78 is 55.5. The third-order valence-corrected chi connectivity index (χ3v) is 6.21. The molecule has 0 radical (unpaired) electrons. The van der Waals surface area contributed by atoms with Gasteiger partial charge in [0.25, 0.3) is 0 Å². The highest BCUT2D eigenvalue weighted by Crippen LogP contribution is 2.57. The van der Waals surface area contributed by atoms with Crippen LogP contribution in [-0.4, -0.2) is 39.9 Å². The maximum atomic E-state index is 15.2. The van der Waals surface area contributed by atoms with Gasteiger partial charge in [-0.3, -0.25) is 4.79 Å². The molecule has 2 atom stereocenters. The van der Waals surface area contributed by atoms with E-state index in [-0.39, 0.29) is 18.0 Å². The number of allylic oxidation sites excluding steroid dienone is 1. The molecule has 5 rings (SSSR count). The Balaban J connectivity index is 1.74. The number of carbonyl (C=O) groups excluding carboxylic acids is 1. The van der Waals surface area contributed by atoms with Crippen molar-refractivity contribution in [2.75, 3.05) is 6.54 Å². The molecule has 2 bridgehead atoms. The van der Waals surface area contributed by atoms with Crippen LogP contribution in [0.4, 0.5) is 17.6 Å². The van der Waals surface area contributed by atoms with Gasteiger partial charge in [-0.2, -0.15) is 13.2 Å². The number of hydrogen-bond acceptors (Lipinski definition) is 3. The van der Waals surface area contributed by atoms with Crippen LogP contribution in [0.15, 0.2) is 52.6 Å². The Labute approximate surface area is 157 Å². The van der Waals surface area contributed by atoms with E-state index in [9.17, 15) is 23.1 Å². The molecule has 144 valence electrons. The summed E-state index contributed by atoms with van der Waals surface area (Å²) in [5.74, 6) is -0.292. The van der Waals surface area contributed by atoms with Gasteiger partial charge in [0.15, 0.2) is 5.67 Å². The molecule has 1 aliphatic heterocycles. The average molecular weight is 399 g/mol. The van der Waals surface area contributed by atoms with E-state index in [1.165, 1.54) is 22.3 Å². The predicted molar refractivity (Wildman–Crippen MR) is 92.7 cm³/mol. The topological polar surface area (TPSA) is 40.5 Å². The van der Waals surface area contributed by atoms with Gasteiger partial charge < -0.3 is 10.0 Å². The van der Waals surface area contributed by atoms with Crippen LogP contribution in [0.5, 0.6) is 0 Å². The quantitative estimate of drug-likeness (QED) is 0.762. The molecule has 1 fully saturated rings. The first-order valence-electron chi connectivity index (χ1n) is 8.63. The van der Waals surface area contributed by atoms with Crippen molar-refractivity contribution in [3.63, 3.8) is 0 Å². The van der Waals surface area contributed by atoms with Gasteiger partial charge in [0, 0.05) is 17.1 Å². The Morgan fingerprint density at radius 3 is 2.74 bits per heavy atom. The van der Waals surface area contributed by atoms with E-state index in [0.717, 1.165) is 17.0 Å². The minimum atomic E-state index is -5.16. The minimum Gasteiger partial charge on any atom is -0.373 e. The molecule has 0 aromatic carbocycles. The third-order valence-electron chi connectivity index (χ3n) is 5.33. The number of likely N-dealkylation sites (tertiary alicyclic amines) is 1. The van der Waals surface area contributed by atoms with Crippen molar-refractivity contribution in [3.05, 3.63) is 57.5 Å². The lowest BCUT2D eigenvalue weighted by molar-refractivity contribution is -0.279. The second-order valence-electron chi connectivity index (χ2n) is 7.03. The molecule has 4 aliphatic rings. The molecule has 3 aliphatic carbocycles. The van der Waals surface area contributed by atoms with Crippen LogP contribution in [0.3, 0.4) is 0 Å². The number of halogens is 4. The molecule has 27 heavy (non-hydrogen) atoms. The van der Waals surface area contributed by atoms with E-state index in [0.29, 0.717) is 31.4 Å². The van der Waals surface area contributed by atoms with Crippen molar-refractivity contribution in [2.45, 2.75) is 43.1 Å². The number of hydrogen-bond donors (Lipinski definition) is 1. The zero-order valence-electron chi connectivity index (χ0n) is 14.2. The molecule has 1 N–H and O–H groups in total. The van der Waals surface area contributed by atoms with Gasteiger partial charge >= 0.3 is 6.18 Å². The van der Waals surface area contributed by atoms with Crippen molar-refractivity contribution >= 4 is 17.2 Å². The summed E-state index contributed by atoms with van der Waals surface area (Å²) in [5.41, 5.74) is -6.55. The van der Waals surface area contributed by atoms with Crippen molar-refractivity contribution in [3.8, 4) is 0 Å². The lowest BCUT2D eigenvalue weighted by Crippen LogP contribution is -2.65. The summed E-state index contributed by atoms with van der Waals surface area (Å²) in [5, 5.41) is 12.0. The fourth-order valence-electron chi connectivity index (χ4n) is 3.88. The fourth-order valence-corrected chi connectivity index (χ4v) is 4.57. The van der Waals surface area contributed by atoms with Crippen LogP contribution < -0.4 is 0 Å². The number of carbonyl (C=O) groups is 1. The normalized spacial score (nSPS) is 30.3. The number of aliphatic hydroxyl groups is 1. The van der Waals surface area contributed by atoms with Crippen molar-refractivity contribution in [1.29, 1.82) is 0 Å².